The Balaban J connectivity index is 1.97. The first-order valence-corrected chi connectivity index (χ1v) is 6.19. The molecule has 17 heavy (non-hydrogen) atoms. The Morgan fingerprint density at radius 3 is 3.00 bits per heavy atom. The van der Waals surface area contributed by atoms with Crippen LogP contribution in [0.25, 0.3) is 10.9 Å². The number of aryl methyl sites for hydroxylation is 1. The SMILES string of the molecule is Cc1cc(F)cc2c(C34CNCC3C4)c[nH]c12. The fraction of sp³-hybridized carbons (Fsp3) is 0.429. The quantitative estimate of drug-likeness (QED) is 0.774. The van der Waals surface area contributed by atoms with Gasteiger partial charge in [0.1, 0.15) is 5.82 Å². The maximum Gasteiger partial charge on any atom is 0.124 e. The standard InChI is InChI=1S/C14H15FN2/c1-8-2-10(15)3-11-12(6-17-13(8)11)14-4-9(14)5-16-7-14/h2-3,6,9,16-17H,4-5,7H2,1H3. The summed E-state index contributed by atoms with van der Waals surface area (Å²) in [6.07, 6.45) is 3.34. The van der Waals surface area contributed by atoms with Crippen LogP contribution in [0.1, 0.15) is 17.5 Å². The summed E-state index contributed by atoms with van der Waals surface area (Å²) < 4.78 is 13.6. The Kier molecular flexibility index (Phi) is 1.65. The molecule has 2 aliphatic rings. The van der Waals surface area contributed by atoms with Crippen LogP contribution in [0.5, 0.6) is 0 Å². The number of piperidine rings is 1. The minimum absolute atomic E-state index is 0.129. The fourth-order valence-electron chi connectivity index (χ4n) is 3.54. The van der Waals surface area contributed by atoms with Crippen molar-refractivity contribution in [2.24, 2.45) is 5.92 Å². The summed E-state index contributed by atoms with van der Waals surface area (Å²) in [6.45, 7) is 4.11. The number of aromatic amines is 1. The van der Waals surface area contributed by atoms with Crippen molar-refractivity contribution < 1.29 is 4.39 Å². The summed E-state index contributed by atoms with van der Waals surface area (Å²) in [6, 6.07) is 3.27. The van der Waals surface area contributed by atoms with Crippen LogP contribution in [0.2, 0.25) is 0 Å². The van der Waals surface area contributed by atoms with Crippen LogP contribution in [0.4, 0.5) is 4.39 Å². The van der Waals surface area contributed by atoms with E-state index in [2.05, 4.69) is 16.5 Å². The maximum atomic E-state index is 13.6. The minimum atomic E-state index is -0.129. The van der Waals surface area contributed by atoms with Gasteiger partial charge in [0.15, 0.2) is 0 Å². The van der Waals surface area contributed by atoms with Crippen molar-refractivity contribution in [2.75, 3.05) is 13.1 Å². The molecular formula is C14H15FN2. The van der Waals surface area contributed by atoms with E-state index in [0.717, 1.165) is 35.5 Å². The van der Waals surface area contributed by atoms with E-state index in [-0.39, 0.29) is 5.82 Å². The highest BCUT2D eigenvalue weighted by Crippen LogP contribution is 2.57. The van der Waals surface area contributed by atoms with Crippen molar-refractivity contribution in [3.05, 3.63) is 35.3 Å². The number of rotatable bonds is 1. The van der Waals surface area contributed by atoms with E-state index >= 15 is 0 Å². The van der Waals surface area contributed by atoms with E-state index in [1.165, 1.54) is 12.0 Å². The summed E-state index contributed by atoms with van der Waals surface area (Å²) in [5.41, 5.74) is 3.68. The van der Waals surface area contributed by atoms with Gasteiger partial charge in [-0.15, -0.1) is 0 Å². The molecule has 2 unspecified atom stereocenters. The third kappa shape index (κ3) is 1.12. The first-order valence-electron chi connectivity index (χ1n) is 6.19. The lowest BCUT2D eigenvalue weighted by molar-refractivity contribution is 0.628. The van der Waals surface area contributed by atoms with Gasteiger partial charge in [-0.3, -0.25) is 0 Å². The molecule has 1 aliphatic heterocycles. The molecule has 88 valence electrons. The Morgan fingerprint density at radius 2 is 2.29 bits per heavy atom. The Hall–Kier alpha value is -1.35. The second kappa shape index (κ2) is 2.91. The molecule has 0 bridgehead atoms. The lowest BCUT2D eigenvalue weighted by Gasteiger charge is -2.10. The van der Waals surface area contributed by atoms with E-state index in [0.29, 0.717) is 5.41 Å². The van der Waals surface area contributed by atoms with Crippen LogP contribution in [0.15, 0.2) is 18.3 Å². The molecule has 3 heteroatoms. The van der Waals surface area contributed by atoms with E-state index in [1.807, 2.05) is 6.92 Å². The van der Waals surface area contributed by atoms with Crippen LogP contribution in [0, 0.1) is 18.7 Å². The van der Waals surface area contributed by atoms with E-state index in [9.17, 15) is 4.39 Å². The molecule has 1 aromatic carbocycles. The number of halogens is 1. The van der Waals surface area contributed by atoms with Crippen LogP contribution < -0.4 is 5.32 Å². The number of hydrogen-bond donors (Lipinski definition) is 2. The van der Waals surface area contributed by atoms with Gasteiger partial charge in [-0.05, 0) is 49.1 Å². The van der Waals surface area contributed by atoms with Crippen molar-refractivity contribution in [1.82, 2.24) is 10.3 Å². The number of nitrogens with one attached hydrogen (secondary N) is 2. The topological polar surface area (TPSA) is 27.8 Å². The number of aromatic nitrogens is 1. The number of hydrogen-bond acceptors (Lipinski definition) is 1. The summed E-state index contributed by atoms with van der Waals surface area (Å²) in [4.78, 5) is 3.32. The number of H-pyrrole nitrogens is 1. The zero-order valence-electron chi connectivity index (χ0n) is 9.81. The van der Waals surface area contributed by atoms with Gasteiger partial charge in [0, 0.05) is 29.1 Å². The average molecular weight is 230 g/mol. The van der Waals surface area contributed by atoms with E-state index < -0.39 is 0 Å². The first kappa shape index (κ1) is 9.66. The second-order valence-corrected chi connectivity index (χ2v) is 5.54. The van der Waals surface area contributed by atoms with Gasteiger partial charge in [0.05, 0.1) is 0 Å². The molecule has 2 aromatic rings. The van der Waals surface area contributed by atoms with Crippen LogP contribution in [-0.4, -0.2) is 18.1 Å². The van der Waals surface area contributed by atoms with E-state index in [1.54, 1.807) is 12.1 Å². The van der Waals surface area contributed by atoms with Crippen LogP contribution in [0.3, 0.4) is 0 Å². The molecule has 2 fully saturated rings. The lowest BCUT2D eigenvalue weighted by atomic mass is 9.94. The Labute approximate surface area is 99.2 Å². The molecule has 4 rings (SSSR count). The zero-order chi connectivity index (χ0) is 11.6. The maximum absolute atomic E-state index is 13.6. The molecule has 2 nitrogen and oxygen atoms in total. The molecule has 0 amide bonds. The number of fused-ring (bicyclic) bond motifs is 2. The molecule has 2 atom stereocenters. The van der Waals surface area contributed by atoms with Crippen LogP contribution >= 0.6 is 0 Å². The van der Waals surface area contributed by atoms with Gasteiger partial charge in [0.2, 0.25) is 0 Å². The largest absolute Gasteiger partial charge is 0.361 e. The third-order valence-electron chi connectivity index (χ3n) is 4.55. The molecular weight excluding hydrogens is 215 g/mol. The van der Waals surface area contributed by atoms with Gasteiger partial charge < -0.3 is 10.3 Å². The van der Waals surface area contributed by atoms with E-state index in [4.69, 9.17) is 0 Å². The van der Waals surface area contributed by atoms with Crippen molar-refractivity contribution in [3.63, 3.8) is 0 Å². The first-order chi connectivity index (χ1) is 8.21. The summed E-state index contributed by atoms with van der Waals surface area (Å²) in [5, 5.41) is 4.51. The highest BCUT2D eigenvalue weighted by Gasteiger charge is 2.58. The predicted molar refractivity (Wildman–Crippen MR) is 65.6 cm³/mol. The molecule has 0 spiro atoms. The van der Waals surface area contributed by atoms with Crippen molar-refractivity contribution in [3.8, 4) is 0 Å². The third-order valence-corrected chi connectivity index (χ3v) is 4.55. The summed E-state index contributed by atoms with van der Waals surface area (Å²) in [7, 11) is 0. The molecule has 2 heterocycles. The Bertz CT molecular complexity index is 616. The highest BCUT2D eigenvalue weighted by molar-refractivity contribution is 5.87. The monoisotopic (exact) mass is 230 g/mol. The smallest absolute Gasteiger partial charge is 0.124 e. The average Bonchev–Trinajstić information content (AvgIpc) is 2.70. The molecule has 1 aliphatic carbocycles. The normalized spacial score (nSPS) is 30.8. The zero-order valence-corrected chi connectivity index (χ0v) is 9.81. The number of benzene rings is 1. The molecule has 2 N–H and O–H groups in total. The fourth-order valence-corrected chi connectivity index (χ4v) is 3.54. The van der Waals surface area contributed by atoms with Gasteiger partial charge in [0.25, 0.3) is 0 Å². The van der Waals surface area contributed by atoms with Crippen LogP contribution in [-0.2, 0) is 5.41 Å². The van der Waals surface area contributed by atoms with Gasteiger partial charge in [-0.2, -0.15) is 0 Å². The molecule has 1 saturated carbocycles. The van der Waals surface area contributed by atoms with Gasteiger partial charge in [-0.25, -0.2) is 4.39 Å². The summed E-state index contributed by atoms with van der Waals surface area (Å²) in [5.74, 6) is 0.625. The lowest BCUT2D eigenvalue weighted by Crippen LogP contribution is -2.18. The van der Waals surface area contributed by atoms with Crippen molar-refractivity contribution in [1.29, 1.82) is 0 Å². The summed E-state index contributed by atoms with van der Waals surface area (Å²) >= 11 is 0. The van der Waals surface area contributed by atoms with Gasteiger partial charge in [-0.1, -0.05) is 0 Å². The second-order valence-electron chi connectivity index (χ2n) is 5.54. The molecule has 1 aromatic heterocycles. The predicted octanol–water partition coefficient (Wildman–Crippen LogP) is 2.48. The minimum Gasteiger partial charge on any atom is -0.361 e. The highest BCUT2D eigenvalue weighted by atomic mass is 19.1. The van der Waals surface area contributed by atoms with Crippen molar-refractivity contribution in [2.45, 2.75) is 18.8 Å². The Morgan fingerprint density at radius 1 is 1.41 bits per heavy atom. The molecule has 1 saturated heterocycles. The van der Waals surface area contributed by atoms with Gasteiger partial charge >= 0.3 is 0 Å². The van der Waals surface area contributed by atoms with Crippen molar-refractivity contribution >= 4 is 10.9 Å². The molecule has 0 radical (unpaired) electrons.